The summed E-state index contributed by atoms with van der Waals surface area (Å²) in [4.78, 5) is 84.2. The largest absolute Gasteiger partial charge is 0.380 e. The third kappa shape index (κ3) is 23.9. The van der Waals surface area contributed by atoms with Gasteiger partial charge in [-0.15, -0.1) is 0 Å². The molecule has 0 spiro atoms. The summed E-state index contributed by atoms with van der Waals surface area (Å²) in [5, 5.41) is 25.4. The molecule has 5 amide bonds. The first-order chi connectivity index (χ1) is 33.1. The van der Waals surface area contributed by atoms with Crippen molar-refractivity contribution in [1.82, 2.24) is 31.5 Å². The van der Waals surface area contributed by atoms with Crippen LogP contribution in [0.4, 0.5) is 0 Å². The summed E-state index contributed by atoms with van der Waals surface area (Å²) in [6, 6.07) is 13.7. The molecule has 392 valence electrons. The number of hydrogen-bond acceptors (Lipinski definition) is 13. The van der Waals surface area contributed by atoms with Gasteiger partial charge in [0.1, 0.15) is 30.3 Å². The number of nitrogens with zero attached hydrogens (tertiary/aromatic N) is 1. The highest BCUT2D eigenvalue weighted by atomic mass is 32.2. The second-order valence-electron chi connectivity index (χ2n) is 19.4. The maximum atomic E-state index is 14.3. The zero-order valence-electron chi connectivity index (χ0n) is 42.3. The maximum Gasteiger partial charge on any atom is 0.267 e. The number of morpholine rings is 1. The molecule has 2 aromatic carbocycles. The summed E-state index contributed by atoms with van der Waals surface area (Å²) < 4.78 is 41.7. The van der Waals surface area contributed by atoms with Gasteiger partial charge in [-0.3, -0.25) is 37.9 Å². The monoisotopic (exact) mass is 1000 g/mol. The molecule has 18 nitrogen and oxygen atoms in total. The van der Waals surface area contributed by atoms with E-state index in [1.54, 1.807) is 30.3 Å². The van der Waals surface area contributed by atoms with E-state index in [9.17, 15) is 42.3 Å². The van der Waals surface area contributed by atoms with E-state index >= 15 is 0 Å². The van der Waals surface area contributed by atoms with Crippen molar-refractivity contribution in [2.24, 2.45) is 11.8 Å². The second-order valence-corrected chi connectivity index (χ2v) is 21.2. The number of aliphatic hydroxyl groups is 1. The molecule has 6 N–H and O–H groups in total. The first-order valence-electron chi connectivity index (χ1n) is 24.7. The summed E-state index contributed by atoms with van der Waals surface area (Å²) in [6.45, 7) is 14.4. The number of nitrogens with one attached hydrogen (secondary N) is 5. The van der Waals surface area contributed by atoms with Crippen molar-refractivity contribution < 1.29 is 55.9 Å². The molecule has 0 saturated carbocycles. The molecule has 2 aromatic rings. The van der Waals surface area contributed by atoms with Gasteiger partial charge < -0.3 is 41.2 Å². The minimum absolute atomic E-state index is 0.00365. The predicted molar refractivity (Wildman–Crippen MR) is 267 cm³/mol. The van der Waals surface area contributed by atoms with Gasteiger partial charge in [-0.05, 0) is 82.3 Å². The Morgan fingerprint density at radius 3 is 1.89 bits per heavy atom. The third-order valence-corrected chi connectivity index (χ3v) is 12.8. The van der Waals surface area contributed by atoms with Crippen LogP contribution in [0.2, 0.25) is 0 Å². The highest BCUT2D eigenvalue weighted by Crippen LogP contribution is 2.18. The van der Waals surface area contributed by atoms with Crippen LogP contribution in [0.15, 0.2) is 60.7 Å². The Labute approximate surface area is 415 Å². The summed E-state index contributed by atoms with van der Waals surface area (Å²) in [7, 11) is -4.19. The Kier molecular flexibility index (Phi) is 26.2. The van der Waals surface area contributed by atoms with E-state index in [1.165, 1.54) is 0 Å². The molecule has 0 aromatic heterocycles. The van der Waals surface area contributed by atoms with E-state index in [-0.39, 0.29) is 74.8 Å². The van der Waals surface area contributed by atoms with Crippen LogP contribution in [0.3, 0.4) is 0 Å². The number of hydrogen-bond donors (Lipinski definition) is 6. The van der Waals surface area contributed by atoms with Crippen molar-refractivity contribution in [3.63, 3.8) is 0 Å². The summed E-state index contributed by atoms with van der Waals surface area (Å²) in [5.74, 6) is -4.03. The normalized spacial score (nSPS) is 15.9. The van der Waals surface area contributed by atoms with Gasteiger partial charge in [0.15, 0.2) is 5.78 Å². The number of Topliss-reactive ketones (excluding diaryl/α,β-unsaturated/α-hetero) is 1. The molecule has 1 saturated heterocycles. The number of benzene rings is 2. The fraction of sp³-hybridized carbons (Fsp3) is 0.647. The molecular weight excluding hydrogens is 921 g/mol. The van der Waals surface area contributed by atoms with Gasteiger partial charge in [0, 0.05) is 32.5 Å². The van der Waals surface area contributed by atoms with E-state index in [0.717, 1.165) is 12.5 Å². The number of carbonyl (C=O) groups excluding carboxylic acids is 6. The molecule has 1 aliphatic heterocycles. The van der Waals surface area contributed by atoms with Gasteiger partial charge >= 0.3 is 0 Å². The minimum Gasteiger partial charge on any atom is -0.380 e. The summed E-state index contributed by atoms with van der Waals surface area (Å²) in [6.07, 6.45) is 2.30. The van der Waals surface area contributed by atoms with Crippen LogP contribution in [0.25, 0.3) is 0 Å². The molecule has 0 radical (unpaired) electrons. The van der Waals surface area contributed by atoms with Gasteiger partial charge in [0.25, 0.3) is 10.1 Å². The Morgan fingerprint density at radius 2 is 1.27 bits per heavy atom. The summed E-state index contributed by atoms with van der Waals surface area (Å²) >= 11 is 0. The van der Waals surface area contributed by atoms with E-state index in [2.05, 4.69) is 26.6 Å². The molecule has 1 aliphatic rings. The standard InChI is InChI=1S/C51H80N6O12S/c1-36(2)31-42(47(60)51(7,64)35-69-70(65,66)30-16-10-15-21-45(58)52-24-27-68-38(5)6)54-50(63)44(33-40-19-13-9-14-20-40)56-49(62)43(32-37(3)4)55-48(61)41(23-22-39-17-11-8-12-18-39)53-46(59)34-57-25-28-67-29-26-57/h8-9,11-14,17-20,36-38,41-44,64H,10,15-16,21-35H2,1-7H3,(H,52,58)(H,53,59)(H,54,63)(H,55,61)(H,56,62)/t41-,42-,43-,44-,51+/m0/s1. The summed E-state index contributed by atoms with van der Waals surface area (Å²) in [5.41, 5.74) is -0.701. The lowest BCUT2D eigenvalue weighted by Gasteiger charge is -2.30. The van der Waals surface area contributed by atoms with Crippen molar-refractivity contribution in [2.45, 2.75) is 142 Å². The Bertz CT molecular complexity index is 2030. The number of aryl methyl sites for hydroxylation is 1. The van der Waals surface area contributed by atoms with Crippen molar-refractivity contribution >= 4 is 45.4 Å². The van der Waals surface area contributed by atoms with Crippen molar-refractivity contribution in [1.29, 1.82) is 0 Å². The first kappa shape index (κ1) is 59.5. The van der Waals surface area contributed by atoms with Gasteiger partial charge in [-0.25, -0.2) is 0 Å². The Balaban J connectivity index is 1.73. The van der Waals surface area contributed by atoms with E-state index < -0.39 is 75.8 Å². The van der Waals surface area contributed by atoms with Crippen LogP contribution in [0.5, 0.6) is 0 Å². The molecule has 70 heavy (non-hydrogen) atoms. The third-order valence-electron chi connectivity index (χ3n) is 11.5. The van der Waals surface area contributed by atoms with Crippen LogP contribution < -0.4 is 26.6 Å². The van der Waals surface area contributed by atoms with E-state index in [4.69, 9.17) is 13.7 Å². The fourth-order valence-corrected chi connectivity index (χ4v) is 8.82. The minimum atomic E-state index is -4.19. The zero-order chi connectivity index (χ0) is 51.7. The maximum absolute atomic E-state index is 14.3. The van der Waals surface area contributed by atoms with E-state index in [1.807, 2.05) is 76.8 Å². The molecule has 3 rings (SSSR count). The van der Waals surface area contributed by atoms with Gasteiger partial charge in [0.2, 0.25) is 29.5 Å². The SMILES string of the molecule is CC(C)C[C@H](NC(=O)[C@H](CCc1ccccc1)NC(=O)CN1CCOCC1)C(=O)N[C@@H](Cc1ccccc1)C(=O)N[C@@H](CC(C)C)C(=O)[C@](C)(O)COS(=O)(=O)CCCCCC(=O)NCCOC(C)C. The molecular formula is C51H80N6O12S. The molecule has 1 fully saturated rings. The number of ether oxygens (including phenoxy) is 2. The molecule has 0 aliphatic carbocycles. The van der Waals surface area contributed by atoms with Crippen molar-refractivity contribution in [2.75, 3.05) is 58.4 Å². The van der Waals surface area contributed by atoms with Crippen molar-refractivity contribution in [3.8, 4) is 0 Å². The average molecular weight is 1000 g/mol. The van der Waals surface area contributed by atoms with Crippen LogP contribution >= 0.6 is 0 Å². The van der Waals surface area contributed by atoms with Crippen LogP contribution in [0.1, 0.15) is 105 Å². The molecule has 1 heterocycles. The lowest BCUT2D eigenvalue weighted by molar-refractivity contribution is -0.143. The van der Waals surface area contributed by atoms with E-state index in [0.29, 0.717) is 64.3 Å². The smallest absolute Gasteiger partial charge is 0.267 e. The number of carbonyl (C=O) groups is 6. The molecule has 5 atom stereocenters. The fourth-order valence-electron chi connectivity index (χ4n) is 7.73. The highest BCUT2D eigenvalue weighted by Gasteiger charge is 2.40. The second kappa shape index (κ2) is 30.8. The van der Waals surface area contributed by atoms with Crippen LogP contribution in [-0.2, 0) is 65.4 Å². The van der Waals surface area contributed by atoms with Gasteiger partial charge in [0.05, 0.1) is 44.3 Å². The van der Waals surface area contributed by atoms with Gasteiger partial charge in [-0.2, -0.15) is 8.42 Å². The van der Waals surface area contributed by atoms with Crippen molar-refractivity contribution in [3.05, 3.63) is 71.8 Å². The lowest BCUT2D eigenvalue weighted by atomic mass is 9.90. The van der Waals surface area contributed by atoms with Gasteiger partial charge in [-0.1, -0.05) is 94.8 Å². The first-order valence-corrected chi connectivity index (χ1v) is 26.3. The Morgan fingerprint density at radius 1 is 0.714 bits per heavy atom. The van der Waals surface area contributed by atoms with Crippen LogP contribution in [0, 0.1) is 11.8 Å². The predicted octanol–water partition coefficient (Wildman–Crippen LogP) is 2.99. The zero-order valence-corrected chi connectivity index (χ0v) is 43.2. The quantitative estimate of drug-likeness (QED) is 0.0446. The highest BCUT2D eigenvalue weighted by molar-refractivity contribution is 7.86. The number of amides is 5. The number of rotatable bonds is 33. The van der Waals surface area contributed by atoms with Crippen LogP contribution in [-0.4, -0.2) is 148 Å². The number of ketones is 1. The average Bonchev–Trinajstić information content (AvgIpc) is 3.30. The lowest BCUT2D eigenvalue weighted by Crippen LogP contribution is -2.60. The molecule has 0 bridgehead atoms. The molecule has 19 heteroatoms. The molecule has 0 unspecified atom stereocenters. The number of unbranched alkanes of at least 4 members (excludes halogenated alkanes) is 2. The topological polar surface area (TPSA) is 248 Å². The Hall–Kier alpha value is -4.79.